The molecule has 122 valence electrons. The SMILES string of the molecule is Cc1ccc(-c2ccc(-c3ccc(CC4CC4)cc3)c(F)c2F)s1. The fraction of sp³-hybridized carbons (Fsp3) is 0.238. The van der Waals surface area contributed by atoms with E-state index in [0.29, 0.717) is 11.1 Å². The molecule has 1 saturated carbocycles. The number of hydrogen-bond acceptors (Lipinski definition) is 1. The maximum Gasteiger partial charge on any atom is 0.168 e. The van der Waals surface area contributed by atoms with Crippen molar-refractivity contribution in [1.29, 1.82) is 0 Å². The van der Waals surface area contributed by atoms with Crippen LogP contribution in [0.3, 0.4) is 0 Å². The van der Waals surface area contributed by atoms with Crippen molar-refractivity contribution in [1.82, 2.24) is 0 Å². The van der Waals surface area contributed by atoms with Crippen LogP contribution in [0.2, 0.25) is 0 Å². The van der Waals surface area contributed by atoms with Gasteiger partial charge in [-0.3, -0.25) is 0 Å². The molecule has 3 aromatic rings. The summed E-state index contributed by atoms with van der Waals surface area (Å²) in [6.07, 6.45) is 3.71. The van der Waals surface area contributed by atoms with Gasteiger partial charge in [-0.1, -0.05) is 30.3 Å². The van der Waals surface area contributed by atoms with Crippen LogP contribution in [0.5, 0.6) is 0 Å². The Morgan fingerprint density at radius 2 is 1.54 bits per heavy atom. The summed E-state index contributed by atoms with van der Waals surface area (Å²) in [4.78, 5) is 1.84. The van der Waals surface area contributed by atoms with Gasteiger partial charge < -0.3 is 0 Å². The van der Waals surface area contributed by atoms with E-state index >= 15 is 0 Å². The minimum atomic E-state index is -0.770. The van der Waals surface area contributed by atoms with Gasteiger partial charge in [-0.2, -0.15) is 0 Å². The van der Waals surface area contributed by atoms with Gasteiger partial charge in [0.15, 0.2) is 11.6 Å². The van der Waals surface area contributed by atoms with E-state index in [-0.39, 0.29) is 0 Å². The fourth-order valence-electron chi connectivity index (χ4n) is 3.02. The second-order valence-corrected chi connectivity index (χ2v) is 7.83. The van der Waals surface area contributed by atoms with Crippen LogP contribution in [0.25, 0.3) is 21.6 Å². The fourth-order valence-corrected chi connectivity index (χ4v) is 3.90. The Morgan fingerprint density at radius 1 is 0.875 bits per heavy atom. The lowest BCUT2D eigenvalue weighted by atomic mass is 9.99. The molecule has 1 aliphatic carbocycles. The predicted molar refractivity (Wildman–Crippen MR) is 96.3 cm³/mol. The summed E-state index contributed by atoms with van der Waals surface area (Å²) in [5.41, 5.74) is 2.65. The molecule has 3 heteroatoms. The predicted octanol–water partition coefficient (Wildman–Crippen LogP) is 6.62. The molecule has 0 atom stereocenters. The van der Waals surface area contributed by atoms with E-state index in [4.69, 9.17) is 0 Å². The van der Waals surface area contributed by atoms with Gasteiger partial charge in [0.1, 0.15) is 0 Å². The van der Waals surface area contributed by atoms with Crippen molar-refractivity contribution >= 4 is 11.3 Å². The van der Waals surface area contributed by atoms with Crippen LogP contribution >= 0.6 is 11.3 Å². The van der Waals surface area contributed by atoms with Crippen molar-refractivity contribution in [2.24, 2.45) is 5.92 Å². The summed E-state index contributed by atoms with van der Waals surface area (Å²) >= 11 is 1.47. The van der Waals surface area contributed by atoms with Crippen LogP contribution in [0.4, 0.5) is 8.78 Å². The Morgan fingerprint density at radius 3 is 2.17 bits per heavy atom. The molecule has 0 unspecified atom stereocenters. The van der Waals surface area contributed by atoms with Crippen molar-refractivity contribution < 1.29 is 8.78 Å². The van der Waals surface area contributed by atoms with Crippen LogP contribution in [0.15, 0.2) is 48.5 Å². The average molecular weight is 340 g/mol. The smallest absolute Gasteiger partial charge is 0.168 e. The van der Waals surface area contributed by atoms with Gasteiger partial charge in [0, 0.05) is 20.9 Å². The van der Waals surface area contributed by atoms with Gasteiger partial charge in [-0.05, 0) is 61.4 Å². The molecular formula is C21H18F2S. The van der Waals surface area contributed by atoms with Crippen LogP contribution < -0.4 is 0 Å². The molecule has 1 heterocycles. The van der Waals surface area contributed by atoms with Crippen LogP contribution in [-0.2, 0) is 6.42 Å². The maximum absolute atomic E-state index is 14.6. The van der Waals surface area contributed by atoms with E-state index < -0.39 is 11.6 Å². The van der Waals surface area contributed by atoms with Crippen LogP contribution in [0, 0.1) is 24.5 Å². The Balaban J connectivity index is 1.67. The highest BCUT2D eigenvalue weighted by atomic mass is 32.1. The standard InChI is InChI=1S/C21H18F2S/c1-13-2-11-19(24-13)18-10-9-17(20(22)21(18)23)16-7-5-15(6-8-16)12-14-3-4-14/h2,5-11,14H,3-4,12H2,1H3. The topological polar surface area (TPSA) is 0 Å². The third-order valence-electron chi connectivity index (χ3n) is 4.57. The monoisotopic (exact) mass is 340 g/mol. The molecule has 0 saturated heterocycles. The molecule has 0 spiro atoms. The van der Waals surface area contributed by atoms with Crippen molar-refractivity contribution in [2.45, 2.75) is 26.2 Å². The Labute approximate surface area is 144 Å². The summed E-state index contributed by atoms with van der Waals surface area (Å²) in [6.45, 7) is 1.96. The molecular weight excluding hydrogens is 322 g/mol. The molecule has 0 nitrogen and oxygen atoms in total. The van der Waals surface area contributed by atoms with E-state index in [1.165, 1.54) is 29.7 Å². The first-order chi connectivity index (χ1) is 11.6. The van der Waals surface area contributed by atoms with E-state index in [2.05, 4.69) is 0 Å². The molecule has 2 aromatic carbocycles. The van der Waals surface area contributed by atoms with Crippen molar-refractivity contribution in [3.8, 4) is 21.6 Å². The van der Waals surface area contributed by atoms with E-state index in [1.807, 2.05) is 43.3 Å². The van der Waals surface area contributed by atoms with Crippen LogP contribution in [0.1, 0.15) is 23.3 Å². The first kappa shape index (κ1) is 15.5. The third-order valence-corrected chi connectivity index (χ3v) is 5.61. The molecule has 0 bridgehead atoms. The number of hydrogen-bond donors (Lipinski definition) is 0. The molecule has 4 rings (SSSR count). The summed E-state index contributed by atoms with van der Waals surface area (Å²) in [7, 11) is 0. The highest BCUT2D eigenvalue weighted by Gasteiger charge is 2.21. The minimum absolute atomic E-state index is 0.322. The quantitative estimate of drug-likeness (QED) is 0.500. The molecule has 24 heavy (non-hydrogen) atoms. The zero-order valence-electron chi connectivity index (χ0n) is 13.5. The van der Waals surface area contributed by atoms with Gasteiger partial charge >= 0.3 is 0 Å². The highest BCUT2D eigenvalue weighted by Crippen LogP contribution is 2.36. The number of halogens is 2. The van der Waals surface area contributed by atoms with E-state index in [9.17, 15) is 8.78 Å². The van der Waals surface area contributed by atoms with Gasteiger partial charge in [-0.15, -0.1) is 11.3 Å². The van der Waals surface area contributed by atoms with Crippen molar-refractivity contribution in [2.75, 3.05) is 0 Å². The summed E-state index contributed by atoms with van der Waals surface area (Å²) in [5.74, 6) is -0.719. The lowest BCUT2D eigenvalue weighted by Crippen LogP contribution is -1.93. The first-order valence-corrected chi connectivity index (χ1v) is 9.07. The molecule has 0 N–H and O–H groups in total. The second-order valence-electron chi connectivity index (χ2n) is 6.54. The van der Waals surface area contributed by atoms with E-state index in [0.717, 1.165) is 27.7 Å². The Bertz CT molecular complexity index is 873. The Hall–Kier alpha value is -2.00. The Kier molecular flexibility index (Phi) is 3.97. The molecule has 0 amide bonds. The minimum Gasteiger partial charge on any atom is -0.203 e. The second kappa shape index (κ2) is 6.14. The van der Waals surface area contributed by atoms with Crippen molar-refractivity contribution in [3.05, 3.63) is 70.6 Å². The van der Waals surface area contributed by atoms with Gasteiger partial charge in [0.2, 0.25) is 0 Å². The summed E-state index contributed by atoms with van der Waals surface area (Å²) < 4.78 is 29.1. The molecule has 0 aliphatic heterocycles. The number of thiophene rings is 1. The number of aryl methyl sites for hydroxylation is 1. The zero-order valence-corrected chi connectivity index (χ0v) is 14.3. The van der Waals surface area contributed by atoms with Gasteiger partial charge in [0.05, 0.1) is 0 Å². The van der Waals surface area contributed by atoms with Crippen LogP contribution in [-0.4, -0.2) is 0 Å². The normalized spacial score (nSPS) is 14.1. The van der Waals surface area contributed by atoms with Gasteiger partial charge in [0.25, 0.3) is 0 Å². The molecule has 1 fully saturated rings. The summed E-state index contributed by atoms with van der Waals surface area (Å²) in [6, 6.07) is 15.0. The summed E-state index contributed by atoms with van der Waals surface area (Å²) in [5, 5.41) is 0. The largest absolute Gasteiger partial charge is 0.203 e. The van der Waals surface area contributed by atoms with E-state index in [1.54, 1.807) is 12.1 Å². The molecule has 1 aliphatic rings. The lowest BCUT2D eigenvalue weighted by molar-refractivity contribution is 0.514. The van der Waals surface area contributed by atoms with Gasteiger partial charge in [-0.25, -0.2) is 8.78 Å². The maximum atomic E-state index is 14.6. The lowest BCUT2D eigenvalue weighted by Gasteiger charge is -2.09. The molecule has 0 radical (unpaired) electrons. The molecule has 1 aromatic heterocycles. The average Bonchev–Trinajstić information content (AvgIpc) is 3.29. The zero-order chi connectivity index (χ0) is 16.7. The highest BCUT2D eigenvalue weighted by molar-refractivity contribution is 7.15. The number of benzene rings is 2. The van der Waals surface area contributed by atoms with Crippen molar-refractivity contribution in [3.63, 3.8) is 0 Å². The number of rotatable bonds is 4. The third kappa shape index (κ3) is 3.01. The first-order valence-electron chi connectivity index (χ1n) is 8.26.